The summed E-state index contributed by atoms with van der Waals surface area (Å²) in [5.74, 6) is -0.175. The summed E-state index contributed by atoms with van der Waals surface area (Å²) in [4.78, 5) is 11.7. The van der Waals surface area contributed by atoms with Gasteiger partial charge in [-0.1, -0.05) is 12.1 Å². The fourth-order valence-corrected chi connectivity index (χ4v) is 1.69. The molecule has 0 aliphatic rings. The van der Waals surface area contributed by atoms with Gasteiger partial charge in [-0.25, -0.2) is 4.79 Å². The third-order valence-corrected chi connectivity index (χ3v) is 2.68. The first-order valence-electron chi connectivity index (χ1n) is 6.37. The summed E-state index contributed by atoms with van der Waals surface area (Å²) in [5, 5.41) is 12.4. The van der Waals surface area contributed by atoms with E-state index in [2.05, 4.69) is 5.32 Å². The number of hydrogen-bond donors (Lipinski definition) is 2. The van der Waals surface area contributed by atoms with Crippen LogP contribution in [0.5, 0.6) is 5.75 Å². The minimum absolute atomic E-state index is 0.170. The van der Waals surface area contributed by atoms with Crippen molar-refractivity contribution >= 4 is 5.97 Å². The van der Waals surface area contributed by atoms with Crippen LogP contribution in [0.25, 0.3) is 0 Å². The van der Waals surface area contributed by atoms with E-state index in [1.807, 2.05) is 6.92 Å². The Hall–Kier alpha value is -1.59. The fourth-order valence-electron chi connectivity index (χ4n) is 1.69. The van der Waals surface area contributed by atoms with E-state index in [0.717, 1.165) is 12.0 Å². The first kappa shape index (κ1) is 15.5. The third kappa shape index (κ3) is 5.28. The Morgan fingerprint density at radius 1 is 1.37 bits per heavy atom. The summed E-state index contributed by atoms with van der Waals surface area (Å²) in [5.41, 5.74) is 0.765. The summed E-state index contributed by atoms with van der Waals surface area (Å²) < 4.78 is 10.0. The number of nitrogens with one attached hydrogen (secondary N) is 1. The lowest BCUT2D eigenvalue weighted by Gasteiger charge is -2.17. The van der Waals surface area contributed by atoms with Crippen molar-refractivity contribution < 1.29 is 19.4 Å². The van der Waals surface area contributed by atoms with Crippen LogP contribution in [0, 0.1) is 0 Å². The number of benzene rings is 1. The molecule has 5 heteroatoms. The van der Waals surface area contributed by atoms with Gasteiger partial charge in [-0.05, 0) is 37.6 Å². The molecule has 0 radical (unpaired) electrons. The van der Waals surface area contributed by atoms with Gasteiger partial charge in [-0.15, -0.1) is 0 Å². The minimum atomic E-state index is -0.521. The highest BCUT2D eigenvalue weighted by Crippen LogP contribution is 2.18. The molecule has 0 fully saturated rings. The second-order valence-corrected chi connectivity index (χ2v) is 4.05. The van der Waals surface area contributed by atoms with Crippen LogP contribution in [0.1, 0.15) is 24.9 Å². The lowest BCUT2D eigenvalue weighted by molar-refractivity contribution is -0.143. The molecule has 1 atom stereocenters. The van der Waals surface area contributed by atoms with Crippen LogP contribution >= 0.6 is 0 Å². The Morgan fingerprint density at radius 3 is 2.63 bits per heavy atom. The van der Waals surface area contributed by atoms with E-state index in [9.17, 15) is 9.90 Å². The zero-order chi connectivity index (χ0) is 14.1. The van der Waals surface area contributed by atoms with Gasteiger partial charge in [0.2, 0.25) is 0 Å². The number of rotatable bonds is 8. The maximum absolute atomic E-state index is 11.7. The molecule has 0 aromatic heterocycles. The fraction of sp³-hybridized carbons (Fsp3) is 0.500. The van der Waals surface area contributed by atoms with Gasteiger partial charge in [-0.3, -0.25) is 0 Å². The molecule has 0 saturated heterocycles. The Labute approximate surface area is 113 Å². The maximum atomic E-state index is 11.7. The molecule has 1 aromatic carbocycles. The van der Waals surface area contributed by atoms with E-state index >= 15 is 0 Å². The van der Waals surface area contributed by atoms with Gasteiger partial charge in [0.05, 0.1) is 7.11 Å². The molecule has 0 amide bonds. The number of hydrogen-bond acceptors (Lipinski definition) is 5. The lowest BCUT2D eigenvalue weighted by Crippen LogP contribution is -2.30. The van der Waals surface area contributed by atoms with Crippen molar-refractivity contribution in [1.82, 2.24) is 5.32 Å². The van der Waals surface area contributed by atoms with Crippen LogP contribution in [0.15, 0.2) is 24.3 Å². The molecule has 5 nitrogen and oxygen atoms in total. The van der Waals surface area contributed by atoms with Crippen LogP contribution in [-0.4, -0.2) is 37.9 Å². The second-order valence-electron chi connectivity index (χ2n) is 4.05. The molecule has 0 saturated carbocycles. The summed E-state index contributed by atoms with van der Waals surface area (Å²) in [6.45, 7) is 3.95. The predicted octanol–water partition coefficient (Wildman–Crippen LogP) is 1.62. The van der Waals surface area contributed by atoms with Crippen molar-refractivity contribution in [3.63, 3.8) is 0 Å². The van der Waals surface area contributed by atoms with Crippen LogP contribution in [-0.2, 0) is 14.3 Å². The molecule has 0 aliphatic heterocycles. The topological polar surface area (TPSA) is 67.8 Å². The first-order valence-corrected chi connectivity index (χ1v) is 6.37. The zero-order valence-corrected chi connectivity index (χ0v) is 11.4. The van der Waals surface area contributed by atoms with Gasteiger partial charge in [0.1, 0.15) is 11.8 Å². The lowest BCUT2D eigenvalue weighted by atomic mass is 10.1. The van der Waals surface area contributed by atoms with Crippen molar-refractivity contribution in [1.29, 1.82) is 0 Å². The summed E-state index contributed by atoms with van der Waals surface area (Å²) in [7, 11) is 1.36. The number of aromatic hydroxyl groups is 1. The summed E-state index contributed by atoms with van der Waals surface area (Å²) in [6, 6.07) is 5.98. The quantitative estimate of drug-likeness (QED) is 0.553. The number of ether oxygens (including phenoxy) is 2. The third-order valence-electron chi connectivity index (χ3n) is 2.68. The van der Waals surface area contributed by atoms with E-state index in [1.54, 1.807) is 24.3 Å². The number of carbonyl (C=O) groups excluding carboxylic acids is 1. The molecule has 1 unspecified atom stereocenters. The Balaban J connectivity index is 2.57. The number of carbonyl (C=O) groups is 1. The van der Waals surface area contributed by atoms with Gasteiger partial charge < -0.3 is 19.9 Å². The molecule has 106 valence electrons. The molecule has 0 spiro atoms. The first-order chi connectivity index (χ1) is 9.19. The van der Waals surface area contributed by atoms with Crippen molar-refractivity contribution in [2.45, 2.75) is 19.4 Å². The second kappa shape index (κ2) is 8.50. The molecule has 1 rings (SSSR count). The minimum Gasteiger partial charge on any atom is -0.508 e. The molecular formula is C14H21NO4. The van der Waals surface area contributed by atoms with E-state index in [0.29, 0.717) is 19.8 Å². The molecule has 19 heavy (non-hydrogen) atoms. The highest BCUT2D eigenvalue weighted by molar-refractivity contribution is 5.77. The van der Waals surface area contributed by atoms with Crippen LogP contribution in [0.4, 0.5) is 0 Å². The average molecular weight is 267 g/mol. The van der Waals surface area contributed by atoms with Crippen molar-refractivity contribution in [2.24, 2.45) is 0 Å². The Bertz CT molecular complexity index is 378. The molecule has 1 aromatic rings. The van der Waals surface area contributed by atoms with Crippen LogP contribution < -0.4 is 5.32 Å². The van der Waals surface area contributed by atoms with Crippen molar-refractivity contribution in [3.05, 3.63) is 29.8 Å². The van der Waals surface area contributed by atoms with E-state index in [4.69, 9.17) is 9.47 Å². The largest absolute Gasteiger partial charge is 0.508 e. The highest BCUT2D eigenvalue weighted by Gasteiger charge is 2.20. The van der Waals surface area contributed by atoms with Crippen molar-refractivity contribution in [2.75, 3.05) is 26.9 Å². The average Bonchev–Trinajstić information content (AvgIpc) is 2.43. The van der Waals surface area contributed by atoms with E-state index in [-0.39, 0.29) is 11.7 Å². The van der Waals surface area contributed by atoms with Gasteiger partial charge in [-0.2, -0.15) is 0 Å². The predicted molar refractivity (Wildman–Crippen MR) is 72.0 cm³/mol. The van der Waals surface area contributed by atoms with Crippen molar-refractivity contribution in [3.8, 4) is 5.75 Å². The molecule has 0 aliphatic carbocycles. The smallest absolute Gasteiger partial charge is 0.327 e. The molecule has 2 N–H and O–H groups in total. The molecule has 0 heterocycles. The van der Waals surface area contributed by atoms with E-state index < -0.39 is 6.04 Å². The molecular weight excluding hydrogens is 246 g/mol. The molecule has 0 bridgehead atoms. The normalized spacial score (nSPS) is 12.1. The standard InChI is InChI=1S/C14H21NO4/c1-3-19-10-4-9-15-13(14(17)18-2)11-5-7-12(16)8-6-11/h5-8,13,15-16H,3-4,9-10H2,1-2H3. The summed E-state index contributed by atoms with van der Waals surface area (Å²) >= 11 is 0. The highest BCUT2D eigenvalue weighted by atomic mass is 16.5. The van der Waals surface area contributed by atoms with Gasteiger partial charge in [0.15, 0.2) is 0 Å². The number of phenolic OH excluding ortho intramolecular Hbond substituents is 1. The van der Waals surface area contributed by atoms with Crippen LogP contribution in [0.2, 0.25) is 0 Å². The van der Waals surface area contributed by atoms with Gasteiger partial charge in [0.25, 0.3) is 0 Å². The Morgan fingerprint density at radius 2 is 2.05 bits per heavy atom. The summed E-state index contributed by atoms with van der Waals surface area (Å²) in [6.07, 6.45) is 0.819. The zero-order valence-electron chi connectivity index (χ0n) is 11.4. The maximum Gasteiger partial charge on any atom is 0.327 e. The number of methoxy groups -OCH3 is 1. The monoisotopic (exact) mass is 267 g/mol. The SMILES string of the molecule is CCOCCCNC(C(=O)OC)c1ccc(O)cc1. The van der Waals surface area contributed by atoms with Crippen LogP contribution in [0.3, 0.4) is 0 Å². The number of phenols is 1. The number of esters is 1. The van der Waals surface area contributed by atoms with Gasteiger partial charge >= 0.3 is 5.97 Å². The van der Waals surface area contributed by atoms with E-state index in [1.165, 1.54) is 7.11 Å². The Kier molecular flexibility index (Phi) is 6.92. The van der Waals surface area contributed by atoms with Gasteiger partial charge in [0, 0.05) is 13.2 Å².